The molecule has 1 aromatic heterocycles. The molecule has 1 aliphatic rings. The van der Waals surface area contributed by atoms with Gasteiger partial charge in [-0.3, -0.25) is 4.79 Å². The number of rotatable bonds is 5. The smallest absolute Gasteiger partial charge is 0.225 e. The van der Waals surface area contributed by atoms with Crippen LogP contribution >= 0.6 is 0 Å². The molecule has 5 nitrogen and oxygen atoms in total. The van der Waals surface area contributed by atoms with E-state index in [0.29, 0.717) is 0 Å². The third-order valence-electron chi connectivity index (χ3n) is 5.43. The number of aryl methyl sites for hydroxylation is 2. The lowest BCUT2D eigenvalue weighted by Gasteiger charge is -2.29. The van der Waals surface area contributed by atoms with Crippen molar-refractivity contribution in [1.82, 2.24) is 20.2 Å². The highest BCUT2D eigenvalue weighted by Crippen LogP contribution is 2.34. The lowest BCUT2D eigenvalue weighted by molar-refractivity contribution is -0.126. The van der Waals surface area contributed by atoms with Crippen LogP contribution in [-0.2, 0) is 16.8 Å². The number of aromatic amines is 1. The number of carbonyl (C=O) groups is 1. The standard InChI is InChI=1S/C21H30N4O/c1-6-18-22-14(2)19(23-18)16-12-25(5)13-17(16)20(26)24-21(3,4)15-10-8-7-9-11-15/h7-11,16-17H,6,12-13H2,1-5H3,(H,22,23)(H,24,26)/t16-,17-/m0/s1. The van der Waals surface area contributed by atoms with Crippen LogP contribution in [0.3, 0.4) is 0 Å². The van der Waals surface area contributed by atoms with Gasteiger partial charge in [-0.05, 0) is 33.4 Å². The normalized spacial score (nSPS) is 21.1. The van der Waals surface area contributed by atoms with E-state index in [1.807, 2.05) is 18.2 Å². The molecular formula is C21H30N4O. The molecule has 1 aliphatic heterocycles. The molecular weight excluding hydrogens is 324 g/mol. The fourth-order valence-corrected chi connectivity index (χ4v) is 3.94. The first-order valence-corrected chi connectivity index (χ1v) is 9.43. The summed E-state index contributed by atoms with van der Waals surface area (Å²) >= 11 is 0. The topological polar surface area (TPSA) is 61.0 Å². The number of nitrogens with zero attached hydrogens (tertiary/aromatic N) is 2. The van der Waals surface area contributed by atoms with Crippen molar-refractivity contribution in [1.29, 1.82) is 0 Å². The lowest BCUT2D eigenvalue weighted by atomic mass is 9.88. The number of carbonyl (C=O) groups excluding carboxylic acids is 1. The van der Waals surface area contributed by atoms with Crippen LogP contribution in [0, 0.1) is 12.8 Å². The fraction of sp³-hybridized carbons (Fsp3) is 0.524. The van der Waals surface area contributed by atoms with Gasteiger partial charge in [0.05, 0.1) is 17.2 Å². The van der Waals surface area contributed by atoms with Crippen molar-refractivity contribution in [3.05, 3.63) is 53.1 Å². The summed E-state index contributed by atoms with van der Waals surface area (Å²) < 4.78 is 0. The molecule has 0 spiro atoms. The Morgan fingerprint density at radius 3 is 2.62 bits per heavy atom. The SMILES string of the molecule is CCc1nc([C@H]2CN(C)C[C@@H]2C(=O)NC(C)(C)c2ccccc2)c(C)[nH]1. The summed E-state index contributed by atoms with van der Waals surface area (Å²) in [5.41, 5.74) is 2.84. The van der Waals surface area contributed by atoms with Crippen molar-refractivity contribution in [2.24, 2.45) is 5.92 Å². The summed E-state index contributed by atoms with van der Waals surface area (Å²) in [4.78, 5) is 23.5. The van der Waals surface area contributed by atoms with Crippen molar-refractivity contribution in [3.8, 4) is 0 Å². The van der Waals surface area contributed by atoms with Gasteiger partial charge in [0, 0.05) is 31.1 Å². The van der Waals surface area contributed by atoms with Gasteiger partial charge < -0.3 is 15.2 Å². The minimum Gasteiger partial charge on any atom is -0.347 e. The van der Waals surface area contributed by atoms with Gasteiger partial charge in [-0.25, -0.2) is 4.98 Å². The van der Waals surface area contributed by atoms with E-state index < -0.39 is 5.54 Å². The number of hydrogen-bond acceptors (Lipinski definition) is 3. The number of aromatic nitrogens is 2. The minimum absolute atomic E-state index is 0.0882. The second-order valence-electron chi connectivity index (χ2n) is 7.96. The van der Waals surface area contributed by atoms with Crippen LogP contribution in [0.2, 0.25) is 0 Å². The Morgan fingerprint density at radius 1 is 1.31 bits per heavy atom. The first kappa shape index (κ1) is 18.6. The van der Waals surface area contributed by atoms with E-state index in [-0.39, 0.29) is 17.7 Å². The second-order valence-corrected chi connectivity index (χ2v) is 7.96. The van der Waals surface area contributed by atoms with Crippen LogP contribution in [0.15, 0.2) is 30.3 Å². The summed E-state index contributed by atoms with van der Waals surface area (Å²) in [5.74, 6) is 1.14. The molecule has 2 atom stereocenters. The number of benzene rings is 1. The summed E-state index contributed by atoms with van der Waals surface area (Å²) in [6.45, 7) is 9.89. The van der Waals surface area contributed by atoms with Gasteiger partial charge in [-0.15, -0.1) is 0 Å². The summed E-state index contributed by atoms with van der Waals surface area (Å²) in [5, 5.41) is 3.27. The Bertz CT molecular complexity index is 766. The van der Waals surface area contributed by atoms with E-state index in [2.05, 4.69) is 62.1 Å². The van der Waals surface area contributed by atoms with Crippen molar-refractivity contribution < 1.29 is 4.79 Å². The molecule has 0 aliphatic carbocycles. The minimum atomic E-state index is -0.404. The van der Waals surface area contributed by atoms with Crippen molar-refractivity contribution in [2.75, 3.05) is 20.1 Å². The third-order valence-corrected chi connectivity index (χ3v) is 5.43. The predicted molar refractivity (Wildman–Crippen MR) is 104 cm³/mol. The molecule has 3 rings (SSSR count). The van der Waals surface area contributed by atoms with Crippen molar-refractivity contribution in [2.45, 2.75) is 45.6 Å². The van der Waals surface area contributed by atoms with Crippen LogP contribution in [0.5, 0.6) is 0 Å². The highest BCUT2D eigenvalue weighted by Gasteiger charge is 2.40. The maximum absolute atomic E-state index is 13.2. The van der Waals surface area contributed by atoms with E-state index in [0.717, 1.165) is 42.3 Å². The number of likely N-dealkylation sites (tertiary alicyclic amines) is 1. The van der Waals surface area contributed by atoms with Crippen LogP contribution < -0.4 is 5.32 Å². The average molecular weight is 354 g/mol. The maximum Gasteiger partial charge on any atom is 0.225 e. The van der Waals surface area contributed by atoms with Gasteiger partial charge in [-0.1, -0.05) is 37.3 Å². The molecule has 2 aromatic rings. The van der Waals surface area contributed by atoms with Crippen molar-refractivity contribution >= 4 is 5.91 Å². The number of likely N-dealkylation sites (N-methyl/N-ethyl adjacent to an activating group) is 1. The molecule has 5 heteroatoms. The summed E-state index contributed by atoms with van der Waals surface area (Å²) in [7, 11) is 2.07. The Balaban J connectivity index is 1.81. The molecule has 0 radical (unpaired) electrons. The zero-order valence-corrected chi connectivity index (χ0v) is 16.5. The van der Waals surface area contributed by atoms with Gasteiger partial charge in [-0.2, -0.15) is 0 Å². The zero-order chi connectivity index (χ0) is 18.9. The van der Waals surface area contributed by atoms with E-state index in [1.165, 1.54) is 0 Å². The van der Waals surface area contributed by atoms with E-state index >= 15 is 0 Å². The molecule has 140 valence electrons. The highest BCUT2D eigenvalue weighted by atomic mass is 16.2. The summed E-state index contributed by atoms with van der Waals surface area (Å²) in [6.07, 6.45) is 0.876. The van der Waals surface area contributed by atoms with Crippen LogP contribution in [0.25, 0.3) is 0 Å². The predicted octanol–water partition coefficient (Wildman–Crippen LogP) is 2.98. The van der Waals surface area contributed by atoms with Gasteiger partial charge in [0.15, 0.2) is 0 Å². The molecule has 26 heavy (non-hydrogen) atoms. The molecule has 0 unspecified atom stereocenters. The number of hydrogen-bond donors (Lipinski definition) is 2. The Hall–Kier alpha value is -2.14. The molecule has 2 heterocycles. The number of amides is 1. The monoisotopic (exact) mass is 354 g/mol. The molecule has 0 bridgehead atoms. The first-order valence-electron chi connectivity index (χ1n) is 9.43. The first-order chi connectivity index (χ1) is 12.3. The molecule has 1 saturated heterocycles. The van der Waals surface area contributed by atoms with Crippen LogP contribution in [0.1, 0.15) is 49.5 Å². The number of H-pyrrole nitrogens is 1. The highest BCUT2D eigenvalue weighted by molar-refractivity contribution is 5.81. The van der Waals surface area contributed by atoms with Gasteiger partial charge in [0.25, 0.3) is 0 Å². The molecule has 1 fully saturated rings. The summed E-state index contributed by atoms with van der Waals surface area (Å²) in [6, 6.07) is 10.1. The molecule has 1 aromatic carbocycles. The van der Waals surface area contributed by atoms with Gasteiger partial charge in [0.1, 0.15) is 5.82 Å². The average Bonchev–Trinajstić information content (AvgIpc) is 3.17. The van der Waals surface area contributed by atoms with E-state index in [1.54, 1.807) is 0 Å². The number of nitrogens with one attached hydrogen (secondary N) is 2. The zero-order valence-electron chi connectivity index (χ0n) is 16.5. The Labute approximate surface area is 156 Å². The maximum atomic E-state index is 13.2. The molecule has 1 amide bonds. The number of imidazole rings is 1. The fourth-order valence-electron chi connectivity index (χ4n) is 3.94. The molecule has 0 saturated carbocycles. The quantitative estimate of drug-likeness (QED) is 0.868. The van der Waals surface area contributed by atoms with Gasteiger partial charge in [0.2, 0.25) is 5.91 Å². The largest absolute Gasteiger partial charge is 0.347 e. The van der Waals surface area contributed by atoms with Crippen molar-refractivity contribution in [3.63, 3.8) is 0 Å². The lowest BCUT2D eigenvalue weighted by Crippen LogP contribution is -2.45. The van der Waals surface area contributed by atoms with Crippen LogP contribution in [0.4, 0.5) is 0 Å². The van der Waals surface area contributed by atoms with E-state index in [9.17, 15) is 4.79 Å². The van der Waals surface area contributed by atoms with Gasteiger partial charge >= 0.3 is 0 Å². The van der Waals surface area contributed by atoms with E-state index in [4.69, 9.17) is 4.98 Å². The third kappa shape index (κ3) is 3.68. The Morgan fingerprint density at radius 2 is 2.00 bits per heavy atom. The molecule has 2 N–H and O–H groups in total. The second kappa shape index (κ2) is 7.23. The Kier molecular flexibility index (Phi) is 5.19. The van der Waals surface area contributed by atoms with Crippen LogP contribution in [-0.4, -0.2) is 40.9 Å².